The Bertz CT molecular complexity index is 1300. The average molecular weight is 492 g/mol. The van der Waals surface area contributed by atoms with Crippen LogP contribution in [0.15, 0.2) is 41.3 Å². The third-order valence-corrected chi connectivity index (χ3v) is 6.34. The molecule has 0 spiro atoms. The highest BCUT2D eigenvalue weighted by atomic mass is 32.2. The number of aliphatic hydroxyl groups excluding tert-OH is 1. The normalized spacial score (nSPS) is 11.7. The van der Waals surface area contributed by atoms with Crippen molar-refractivity contribution in [3.05, 3.63) is 53.9 Å². The van der Waals surface area contributed by atoms with Gasteiger partial charge >= 0.3 is 0 Å². The van der Waals surface area contributed by atoms with Gasteiger partial charge in [0.15, 0.2) is 12.1 Å². The summed E-state index contributed by atoms with van der Waals surface area (Å²) in [5, 5.41) is 21.0. The van der Waals surface area contributed by atoms with Gasteiger partial charge < -0.3 is 19.9 Å². The van der Waals surface area contributed by atoms with Gasteiger partial charge in [0, 0.05) is 24.7 Å². The second kappa shape index (κ2) is 10.3. The lowest BCUT2D eigenvalue weighted by Crippen LogP contribution is -2.32. The van der Waals surface area contributed by atoms with E-state index in [2.05, 4.69) is 16.9 Å². The summed E-state index contributed by atoms with van der Waals surface area (Å²) in [5.41, 5.74) is 1.01. The van der Waals surface area contributed by atoms with Crippen molar-refractivity contribution in [1.29, 1.82) is 0 Å². The molecular formula is C23H26FN3O6S. The molecule has 0 unspecified atom stereocenters. The molecule has 0 aliphatic rings. The van der Waals surface area contributed by atoms with E-state index in [0.717, 1.165) is 10.6 Å². The summed E-state index contributed by atoms with van der Waals surface area (Å²) in [4.78, 5) is 17.1. The van der Waals surface area contributed by atoms with Crippen molar-refractivity contribution in [3.8, 4) is 11.3 Å². The van der Waals surface area contributed by atoms with E-state index in [0.29, 0.717) is 29.4 Å². The van der Waals surface area contributed by atoms with E-state index in [1.54, 1.807) is 6.07 Å². The first-order valence-corrected chi connectivity index (χ1v) is 12.3. The van der Waals surface area contributed by atoms with E-state index in [4.69, 9.17) is 14.6 Å². The summed E-state index contributed by atoms with van der Waals surface area (Å²) < 4.78 is 45.5. The zero-order valence-corrected chi connectivity index (χ0v) is 19.6. The Morgan fingerprint density at radius 1 is 1.29 bits per heavy atom. The van der Waals surface area contributed by atoms with Gasteiger partial charge in [-0.2, -0.15) is 4.98 Å². The predicted octanol–water partition coefficient (Wildman–Crippen LogP) is 2.88. The summed E-state index contributed by atoms with van der Waals surface area (Å²) in [6.07, 6.45) is 1.83. The predicted molar refractivity (Wildman–Crippen MR) is 127 cm³/mol. The summed E-state index contributed by atoms with van der Waals surface area (Å²) in [7, 11) is -2.31. The molecule has 0 radical (unpaired) electrons. The second-order valence-electron chi connectivity index (χ2n) is 7.66. The lowest BCUT2D eigenvalue weighted by molar-refractivity contribution is -0.0464. The van der Waals surface area contributed by atoms with Gasteiger partial charge in [-0.15, -0.1) is 0 Å². The number of amides is 1. The smallest absolute Gasteiger partial charge is 0.255 e. The number of carbonyl (C=O) groups excluding carboxylic acids is 1. The van der Waals surface area contributed by atoms with E-state index < -0.39 is 28.0 Å². The highest BCUT2D eigenvalue weighted by molar-refractivity contribution is 7.92. The largest absolute Gasteiger partial charge is 0.437 e. The molecule has 34 heavy (non-hydrogen) atoms. The fourth-order valence-corrected chi connectivity index (χ4v) is 4.47. The minimum Gasteiger partial charge on any atom is -0.437 e. The van der Waals surface area contributed by atoms with Crippen LogP contribution in [0.1, 0.15) is 35.2 Å². The highest BCUT2D eigenvalue weighted by Crippen LogP contribution is 2.36. The fraction of sp³-hybridized carbons (Fsp3) is 0.304. The lowest BCUT2D eigenvalue weighted by atomic mass is 10.0. The Morgan fingerprint density at radius 3 is 2.53 bits per heavy atom. The topological polar surface area (TPSA) is 133 Å². The van der Waals surface area contributed by atoms with Crippen molar-refractivity contribution in [1.82, 2.24) is 10.3 Å². The number of hydrogen-bond acceptors (Lipinski definition) is 7. The Balaban J connectivity index is 2.17. The molecule has 11 heteroatoms. The van der Waals surface area contributed by atoms with Crippen LogP contribution in [0.2, 0.25) is 0 Å². The number of pyridine rings is 1. The third-order valence-electron chi connectivity index (χ3n) is 5.18. The molecule has 182 valence electrons. The zero-order chi connectivity index (χ0) is 25.0. The molecule has 2 heterocycles. The number of nitrogens with one attached hydrogen (secondary N) is 1. The van der Waals surface area contributed by atoms with Crippen LogP contribution in [0.3, 0.4) is 0 Å². The van der Waals surface area contributed by atoms with Crippen LogP contribution in [0.4, 0.5) is 10.2 Å². The minimum absolute atomic E-state index is 0.0259. The average Bonchev–Trinajstić information content (AvgIpc) is 3.15. The van der Waals surface area contributed by atoms with Crippen LogP contribution in [-0.2, 0) is 10.0 Å². The Hall–Kier alpha value is -3.28. The molecule has 0 bridgehead atoms. The molecule has 1 amide bonds. The number of carbonyl (C=O) groups is 1. The summed E-state index contributed by atoms with van der Waals surface area (Å²) in [6, 6.07) is 6.97. The Labute approximate surface area is 196 Å². The van der Waals surface area contributed by atoms with Gasteiger partial charge in [-0.25, -0.2) is 12.8 Å². The van der Waals surface area contributed by atoms with Crippen LogP contribution in [0.25, 0.3) is 28.5 Å². The number of aliphatic hydroxyl groups is 2. The Kier molecular flexibility index (Phi) is 7.70. The van der Waals surface area contributed by atoms with E-state index in [1.807, 2.05) is 0 Å². The van der Waals surface area contributed by atoms with Gasteiger partial charge in [0.25, 0.3) is 5.91 Å². The van der Waals surface area contributed by atoms with Crippen LogP contribution in [0, 0.1) is 5.82 Å². The summed E-state index contributed by atoms with van der Waals surface area (Å²) in [6.45, 7) is 3.79. The van der Waals surface area contributed by atoms with Crippen molar-refractivity contribution >= 4 is 38.9 Å². The molecule has 0 aliphatic heterocycles. The first-order chi connectivity index (χ1) is 16.1. The summed E-state index contributed by atoms with van der Waals surface area (Å²) >= 11 is 0. The van der Waals surface area contributed by atoms with E-state index in [1.165, 1.54) is 37.4 Å². The maximum Gasteiger partial charge on any atom is 0.255 e. The Morgan fingerprint density at radius 2 is 1.97 bits per heavy atom. The van der Waals surface area contributed by atoms with Crippen LogP contribution >= 0.6 is 0 Å². The molecule has 3 aromatic rings. The molecule has 1 aromatic carbocycles. The number of hydrogen-bond donors (Lipinski definition) is 3. The molecule has 9 nitrogen and oxygen atoms in total. The number of aromatic nitrogens is 1. The molecule has 0 fully saturated rings. The number of unbranched alkanes of at least 4 members (excludes halogenated alkanes) is 1. The molecular weight excluding hydrogens is 465 g/mol. The number of rotatable bonds is 10. The molecule has 0 aliphatic carbocycles. The third kappa shape index (κ3) is 5.44. The molecule has 0 saturated carbocycles. The van der Waals surface area contributed by atoms with Crippen molar-refractivity contribution in [3.63, 3.8) is 0 Å². The first-order valence-electron chi connectivity index (χ1n) is 10.5. The van der Waals surface area contributed by atoms with Gasteiger partial charge in [-0.1, -0.05) is 12.7 Å². The van der Waals surface area contributed by atoms with Gasteiger partial charge in [0.1, 0.15) is 11.6 Å². The standard InChI is InChI=1S/C23H26FN3O6S/c1-4-14-13-17-19(22(30)25-2)20(15-8-10-16(24)11-9-15)33-23(17)26-21(14)27(34(3,31)32)12-6-5-7-18(28)29/h4,8-11,13,18,28-29H,1,5-7,12H2,2-3H3,(H,25,30). The van der Waals surface area contributed by atoms with Crippen molar-refractivity contribution in [2.75, 3.05) is 24.2 Å². The molecule has 2 aromatic heterocycles. The zero-order valence-electron chi connectivity index (χ0n) is 18.8. The number of anilines is 1. The monoisotopic (exact) mass is 491 g/mol. The van der Waals surface area contributed by atoms with Crippen molar-refractivity contribution in [2.45, 2.75) is 25.6 Å². The van der Waals surface area contributed by atoms with Gasteiger partial charge in [-0.3, -0.25) is 9.10 Å². The maximum atomic E-state index is 13.4. The number of nitrogens with zero attached hydrogens (tertiary/aromatic N) is 2. The molecule has 0 atom stereocenters. The number of sulfonamides is 1. The molecule has 0 saturated heterocycles. The fourth-order valence-electron chi connectivity index (χ4n) is 3.55. The number of halogens is 1. The van der Waals surface area contributed by atoms with Crippen molar-refractivity contribution in [2.24, 2.45) is 0 Å². The van der Waals surface area contributed by atoms with Gasteiger partial charge in [0.2, 0.25) is 15.7 Å². The van der Waals surface area contributed by atoms with Crippen molar-refractivity contribution < 1.29 is 32.2 Å². The SMILES string of the molecule is C=Cc1cc2c(C(=O)NC)c(-c3ccc(F)cc3)oc2nc1N(CCCCC(O)O)S(C)(=O)=O. The first kappa shape index (κ1) is 25.3. The van der Waals surface area contributed by atoms with Crippen LogP contribution in [-0.4, -0.2) is 55.7 Å². The summed E-state index contributed by atoms with van der Waals surface area (Å²) in [5.74, 6) is -0.673. The molecule has 3 N–H and O–H groups in total. The quantitative estimate of drug-likeness (QED) is 0.293. The number of fused-ring (bicyclic) bond motifs is 1. The highest BCUT2D eigenvalue weighted by Gasteiger charge is 2.27. The molecule has 3 rings (SSSR count). The number of benzene rings is 1. The lowest BCUT2D eigenvalue weighted by Gasteiger charge is -2.23. The van der Waals surface area contributed by atoms with E-state index in [-0.39, 0.29) is 35.8 Å². The minimum atomic E-state index is -3.77. The van der Waals surface area contributed by atoms with E-state index >= 15 is 0 Å². The second-order valence-corrected chi connectivity index (χ2v) is 9.57. The van der Waals surface area contributed by atoms with Crippen LogP contribution in [0.5, 0.6) is 0 Å². The van der Waals surface area contributed by atoms with Gasteiger partial charge in [-0.05, 0) is 49.6 Å². The number of furan rings is 1. The maximum absolute atomic E-state index is 13.4. The van der Waals surface area contributed by atoms with E-state index in [9.17, 15) is 17.6 Å². The van der Waals surface area contributed by atoms with Gasteiger partial charge in [0.05, 0.1) is 17.2 Å². The van der Waals surface area contributed by atoms with Crippen LogP contribution < -0.4 is 9.62 Å².